The zero-order valence-corrected chi connectivity index (χ0v) is 16.9. The molecule has 2 aromatic heterocycles. The van der Waals surface area contributed by atoms with Gasteiger partial charge in [0.05, 0.1) is 19.8 Å². The first-order valence-corrected chi connectivity index (χ1v) is 8.97. The van der Waals surface area contributed by atoms with Crippen molar-refractivity contribution in [3.8, 4) is 11.9 Å². The van der Waals surface area contributed by atoms with Crippen LogP contribution in [0.25, 0.3) is 6.08 Å². The van der Waals surface area contributed by atoms with E-state index in [-0.39, 0.29) is 18.2 Å². The SMILES string of the molecule is COCC(C)n1c(C)cc(/C=C(\C#N)C(=O)NCc2ccc(OC)nc2)c1C. The van der Waals surface area contributed by atoms with E-state index in [1.165, 1.54) is 0 Å². The summed E-state index contributed by atoms with van der Waals surface area (Å²) in [5, 5.41) is 12.2. The van der Waals surface area contributed by atoms with Crippen molar-refractivity contribution in [1.29, 1.82) is 5.26 Å². The third kappa shape index (κ3) is 4.99. The fourth-order valence-electron chi connectivity index (χ4n) is 3.16. The summed E-state index contributed by atoms with van der Waals surface area (Å²) in [6, 6.07) is 7.66. The van der Waals surface area contributed by atoms with E-state index in [4.69, 9.17) is 9.47 Å². The van der Waals surface area contributed by atoms with Crippen LogP contribution >= 0.6 is 0 Å². The number of ether oxygens (including phenoxy) is 2. The van der Waals surface area contributed by atoms with Crippen LogP contribution in [0.4, 0.5) is 0 Å². The Morgan fingerprint density at radius 3 is 2.71 bits per heavy atom. The van der Waals surface area contributed by atoms with Crippen molar-refractivity contribution in [1.82, 2.24) is 14.9 Å². The lowest BCUT2D eigenvalue weighted by Crippen LogP contribution is -2.24. The van der Waals surface area contributed by atoms with Crippen LogP contribution in [0.2, 0.25) is 0 Å². The molecule has 0 fully saturated rings. The van der Waals surface area contributed by atoms with Gasteiger partial charge >= 0.3 is 0 Å². The fraction of sp³-hybridized carbons (Fsp3) is 0.381. The zero-order valence-electron chi connectivity index (χ0n) is 16.9. The van der Waals surface area contributed by atoms with Gasteiger partial charge in [-0.25, -0.2) is 4.98 Å². The second kappa shape index (κ2) is 9.72. The number of rotatable bonds is 8. The predicted molar refractivity (Wildman–Crippen MR) is 107 cm³/mol. The molecule has 148 valence electrons. The lowest BCUT2D eigenvalue weighted by atomic mass is 10.1. The van der Waals surface area contributed by atoms with Crippen LogP contribution in [0.1, 0.15) is 35.5 Å². The standard InChI is InChI=1S/C21H26N4O3/c1-14-8-18(16(3)25(14)15(2)13-27-4)9-19(10-22)21(26)24-12-17-6-7-20(28-5)23-11-17/h6-9,11,15H,12-13H2,1-5H3,(H,24,26)/b19-9+. The van der Waals surface area contributed by atoms with Crippen LogP contribution in [0.5, 0.6) is 5.88 Å². The summed E-state index contributed by atoms with van der Waals surface area (Å²) in [5.74, 6) is 0.0822. The van der Waals surface area contributed by atoms with Gasteiger partial charge in [-0.15, -0.1) is 0 Å². The lowest BCUT2D eigenvalue weighted by molar-refractivity contribution is -0.117. The van der Waals surface area contributed by atoms with Crippen LogP contribution in [-0.4, -0.2) is 36.3 Å². The van der Waals surface area contributed by atoms with Gasteiger partial charge < -0.3 is 19.4 Å². The molecule has 7 heteroatoms. The van der Waals surface area contributed by atoms with Crippen molar-refractivity contribution < 1.29 is 14.3 Å². The highest BCUT2D eigenvalue weighted by Gasteiger charge is 2.15. The van der Waals surface area contributed by atoms with Gasteiger partial charge in [0.2, 0.25) is 5.88 Å². The molecule has 0 aliphatic carbocycles. The number of hydrogen-bond acceptors (Lipinski definition) is 5. The molecular formula is C21H26N4O3. The Balaban J connectivity index is 2.15. The first kappa shape index (κ1) is 21.2. The van der Waals surface area contributed by atoms with Gasteiger partial charge in [-0.2, -0.15) is 5.26 Å². The van der Waals surface area contributed by atoms with E-state index in [0.717, 1.165) is 22.5 Å². The highest BCUT2D eigenvalue weighted by atomic mass is 16.5. The van der Waals surface area contributed by atoms with Crippen molar-refractivity contribution in [3.05, 3.63) is 52.5 Å². The first-order valence-electron chi connectivity index (χ1n) is 8.97. The quantitative estimate of drug-likeness (QED) is 0.560. The molecule has 1 amide bonds. The van der Waals surface area contributed by atoms with Gasteiger partial charge in [-0.3, -0.25) is 4.79 Å². The van der Waals surface area contributed by atoms with E-state index in [9.17, 15) is 10.1 Å². The molecule has 1 atom stereocenters. The summed E-state index contributed by atoms with van der Waals surface area (Å²) < 4.78 is 12.4. The summed E-state index contributed by atoms with van der Waals surface area (Å²) in [5.41, 5.74) is 3.76. The van der Waals surface area contributed by atoms with Crippen molar-refractivity contribution >= 4 is 12.0 Å². The zero-order chi connectivity index (χ0) is 20.7. The number of amides is 1. The van der Waals surface area contributed by atoms with Gasteiger partial charge in [-0.1, -0.05) is 6.07 Å². The van der Waals surface area contributed by atoms with E-state index in [1.807, 2.05) is 32.0 Å². The molecule has 0 radical (unpaired) electrons. The molecule has 0 saturated carbocycles. The molecule has 0 aliphatic heterocycles. The molecule has 7 nitrogen and oxygen atoms in total. The maximum absolute atomic E-state index is 12.4. The number of nitrogens with zero attached hydrogens (tertiary/aromatic N) is 3. The Labute approximate surface area is 165 Å². The van der Waals surface area contributed by atoms with E-state index in [0.29, 0.717) is 12.5 Å². The van der Waals surface area contributed by atoms with E-state index < -0.39 is 5.91 Å². The number of aryl methyl sites for hydroxylation is 1. The van der Waals surface area contributed by atoms with Crippen molar-refractivity contribution in [2.75, 3.05) is 20.8 Å². The molecule has 0 bridgehead atoms. The smallest absolute Gasteiger partial charge is 0.262 e. The van der Waals surface area contributed by atoms with Crippen molar-refractivity contribution in [2.24, 2.45) is 0 Å². The molecule has 2 aromatic rings. The number of carbonyl (C=O) groups excluding carboxylic acids is 1. The van der Waals surface area contributed by atoms with Gasteiger partial charge in [0, 0.05) is 37.3 Å². The number of methoxy groups -OCH3 is 2. The largest absolute Gasteiger partial charge is 0.481 e. The number of nitriles is 1. The molecule has 0 saturated heterocycles. The number of nitrogens with one attached hydrogen (secondary N) is 1. The minimum atomic E-state index is -0.423. The Kier molecular flexibility index (Phi) is 7.36. The molecule has 1 N–H and O–H groups in total. The normalized spacial score (nSPS) is 12.4. The molecular weight excluding hydrogens is 356 g/mol. The Morgan fingerprint density at radius 2 is 2.14 bits per heavy atom. The van der Waals surface area contributed by atoms with Crippen LogP contribution in [0, 0.1) is 25.2 Å². The highest BCUT2D eigenvalue weighted by Crippen LogP contribution is 2.22. The molecule has 2 rings (SSSR count). The number of hydrogen-bond donors (Lipinski definition) is 1. The third-order valence-corrected chi connectivity index (χ3v) is 4.50. The van der Waals surface area contributed by atoms with Gasteiger partial charge in [0.25, 0.3) is 5.91 Å². The van der Waals surface area contributed by atoms with Crippen LogP contribution in [-0.2, 0) is 16.1 Å². The summed E-state index contributed by atoms with van der Waals surface area (Å²) in [4.78, 5) is 16.5. The number of aromatic nitrogens is 2. The maximum atomic E-state index is 12.4. The van der Waals surface area contributed by atoms with Crippen LogP contribution < -0.4 is 10.1 Å². The van der Waals surface area contributed by atoms with E-state index >= 15 is 0 Å². The molecule has 1 unspecified atom stereocenters. The third-order valence-electron chi connectivity index (χ3n) is 4.50. The Morgan fingerprint density at radius 1 is 1.39 bits per heavy atom. The van der Waals surface area contributed by atoms with E-state index in [2.05, 4.69) is 21.8 Å². The van der Waals surface area contributed by atoms with Gasteiger partial charge in [0.15, 0.2) is 0 Å². The summed E-state index contributed by atoms with van der Waals surface area (Å²) in [6.45, 7) is 6.90. The average Bonchev–Trinajstić information content (AvgIpc) is 2.97. The maximum Gasteiger partial charge on any atom is 0.262 e. The molecule has 28 heavy (non-hydrogen) atoms. The topological polar surface area (TPSA) is 89.2 Å². The molecule has 0 aliphatic rings. The van der Waals surface area contributed by atoms with Crippen molar-refractivity contribution in [2.45, 2.75) is 33.4 Å². The second-order valence-electron chi connectivity index (χ2n) is 6.56. The first-order chi connectivity index (χ1) is 13.4. The van der Waals surface area contributed by atoms with Crippen molar-refractivity contribution in [3.63, 3.8) is 0 Å². The van der Waals surface area contributed by atoms with Gasteiger partial charge in [-0.05, 0) is 44.0 Å². The monoisotopic (exact) mass is 382 g/mol. The Bertz CT molecular complexity index is 892. The minimum Gasteiger partial charge on any atom is -0.481 e. The predicted octanol–water partition coefficient (Wildman–Crippen LogP) is 2.94. The molecule has 2 heterocycles. The summed E-state index contributed by atoms with van der Waals surface area (Å²) >= 11 is 0. The van der Waals surface area contributed by atoms with Gasteiger partial charge in [0.1, 0.15) is 11.6 Å². The summed E-state index contributed by atoms with van der Waals surface area (Å²) in [7, 11) is 3.21. The Hall–Kier alpha value is -3.11. The lowest BCUT2D eigenvalue weighted by Gasteiger charge is -2.17. The molecule has 0 aromatic carbocycles. The molecule has 0 spiro atoms. The average molecular weight is 382 g/mol. The summed E-state index contributed by atoms with van der Waals surface area (Å²) in [6.07, 6.45) is 3.25. The minimum absolute atomic E-state index is 0.0566. The highest BCUT2D eigenvalue weighted by molar-refractivity contribution is 6.01. The second-order valence-corrected chi connectivity index (χ2v) is 6.56. The number of pyridine rings is 1. The number of carbonyl (C=O) groups is 1. The van der Waals surface area contributed by atoms with Crippen LogP contribution in [0.15, 0.2) is 30.0 Å². The van der Waals surface area contributed by atoms with Crippen LogP contribution in [0.3, 0.4) is 0 Å². The fourth-order valence-corrected chi connectivity index (χ4v) is 3.16. The van der Waals surface area contributed by atoms with E-state index in [1.54, 1.807) is 32.6 Å².